The third-order valence-electron chi connectivity index (χ3n) is 2.92. The molecule has 0 aliphatic carbocycles. The summed E-state index contributed by atoms with van der Waals surface area (Å²) in [6.45, 7) is 1.20. The largest absolute Gasteiger partial charge is 0.371 e. The lowest BCUT2D eigenvalue weighted by atomic mass is 10.1. The van der Waals surface area contributed by atoms with Crippen molar-refractivity contribution in [3.8, 4) is 0 Å². The lowest BCUT2D eigenvalue weighted by Gasteiger charge is -2.20. The maximum Gasteiger partial charge on any atom is 0.265 e. The summed E-state index contributed by atoms with van der Waals surface area (Å²) >= 11 is 0. The quantitative estimate of drug-likeness (QED) is 0.452. The van der Waals surface area contributed by atoms with Gasteiger partial charge in [-0.25, -0.2) is 0 Å². The van der Waals surface area contributed by atoms with E-state index in [-0.39, 0.29) is 0 Å². The molecule has 1 heterocycles. The highest BCUT2D eigenvalue weighted by molar-refractivity contribution is 6.02. The second-order valence-electron chi connectivity index (χ2n) is 4.13. The number of hydrogen-bond donors (Lipinski definition) is 0. The van der Waals surface area contributed by atoms with E-state index in [4.69, 9.17) is 0 Å². The maximum atomic E-state index is 11.8. The van der Waals surface area contributed by atoms with Crippen LogP contribution in [0.4, 0.5) is 5.69 Å². The molecule has 5 heteroatoms. The molecule has 1 fully saturated rings. The maximum absolute atomic E-state index is 11.8. The van der Waals surface area contributed by atoms with Gasteiger partial charge < -0.3 is 4.90 Å². The molecule has 0 amide bonds. The summed E-state index contributed by atoms with van der Waals surface area (Å²) in [5.74, 6) is -0.419. The molecule has 90 valence electrons. The van der Waals surface area contributed by atoms with Crippen LogP contribution >= 0.6 is 0 Å². The summed E-state index contributed by atoms with van der Waals surface area (Å²) in [5, 5.41) is 10.4. The van der Waals surface area contributed by atoms with Gasteiger partial charge in [-0.15, -0.1) is 0 Å². The fraction of sp³-hybridized carbons (Fsp3) is 0.417. The molecule has 1 aliphatic rings. The first-order chi connectivity index (χ1) is 8.18. The van der Waals surface area contributed by atoms with E-state index in [0.29, 0.717) is 5.56 Å². The van der Waals surface area contributed by atoms with Crippen LogP contribution < -0.4 is 4.90 Å². The number of Topliss-reactive ketones (excluding diaryl/α,β-unsaturated/α-hetero) is 1. The molecule has 1 saturated heterocycles. The van der Waals surface area contributed by atoms with Crippen LogP contribution in [0.25, 0.3) is 0 Å². The number of carbonyl (C=O) groups excluding carboxylic acids is 1. The molecule has 0 aromatic heterocycles. The van der Waals surface area contributed by atoms with Crippen molar-refractivity contribution in [2.45, 2.75) is 12.8 Å². The molecule has 0 atom stereocenters. The van der Waals surface area contributed by atoms with Gasteiger partial charge in [0.2, 0.25) is 5.78 Å². The van der Waals surface area contributed by atoms with E-state index < -0.39 is 17.3 Å². The molecule has 1 aromatic rings. The van der Waals surface area contributed by atoms with E-state index in [1.807, 2.05) is 12.1 Å². The molecule has 0 saturated carbocycles. The van der Waals surface area contributed by atoms with E-state index in [9.17, 15) is 14.9 Å². The molecule has 0 N–H and O–H groups in total. The standard InChI is InChI=1S/C12H14N2O3/c15-12(9-14(16)17)10-5-1-2-6-11(10)13-7-3-4-8-13/h1-2,5-6H,3-4,7-9H2. The minimum Gasteiger partial charge on any atom is -0.371 e. The number of benzene rings is 1. The number of nitrogens with zero attached hydrogens (tertiary/aromatic N) is 2. The van der Waals surface area contributed by atoms with Gasteiger partial charge in [-0.2, -0.15) is 0 Å². The zero-order valence-electron chi connectivity index (χ0n) is 9.46. The molecule has 1 aromatic carbocycles. The van der Waals surface area contributed by atoms with E-state index in [1.165, 1.54) is 0 Å². The summed E-state index contributed by atoms with van der Waals surface area (Å²) in [6.07, 6.45) is 2.22. The molecule has 17 heavy (non-hydrogen) atoms. The normalized spacial score (nSPS) is 14.9. The first-order valence-corrected chi connectivity index (χ1v) is 5.67. The van der Waals surface area contributed by atoms with Gasteiger partial charge in [0.25, 0.3) is 6.54 Å². The Balaban J connectivity index is 2.26. The summed E-state index contributed by atoms with van der Waals surface area (Å²) in [6, 6.07) is 7.13. The Labute approximate surface area is 99.2 Å². The van der Waals surface area contributed by atoms with Gasteiger partial charge in [-0.1, -0.05) is 12.1 Å². The Morgan fingerprint density at radius 1 is 1.29 bits per heavy atom. The topological polar surface area (TPSA) is 63.4 Å². The van der Waals surface area contributed by atoms with Crippen LogP contribution in [0.3, 0.4) is 0 Å². The molecule has 0 unspecified atom stereocenters. The molecular formula is C12H14N2O3. The number of rotatable bonds is 4. The summed E-state index contributed by atoms with van der Waals surface area (Å²) in [4.78, 5) is 23.7. The highest BCUT2D eigenvalue weighted by atomic mass is 16.6. The van der Waals surface area contributed by atoms with Crippen molar-refractivity contribution in [1.82, 2.24) is 0 Å². The Kier molecular flexibility index (Phi) is 3.37. The van der Waals surface area contributed by atoms with Crippen LogP contribution in [-0.2, 0) is 0 Å². The average Bonchev–Trinajstić information content (AvgIpc) is 2.81. The number of nitro groups is 1. The number of ketones is 1. The molecular weight excluding hydrogens is 220 g/mol. The van der Waals surface area contributed by atoms with Crippen LogP contribution in [0.15, 0.2) is 24.3 Å². The van der Waals surface area contributed by atoms with Crippen molar-refractivity contribution < 1.29 is 9.72 Å². The Morgan fingerprint density at radius 3 is 2.59 bits per heavy atom. The molecule has 1 aliphatic heterocycles. The first kappa shape index (κ1) is 11.6. The SMILES string of the molecule is O=C(C[N+](=O)[O-])c1ccccc1N1CCCC1. The fourth-order valence-electron chi connectivity index (χ4n) is 2.15. The van der Waals surface area contributed by atoms with Gasteiger partial charge in [-0.05, 0) is 25.0 Å². The fourth-order valence-corrected chi connectivity index (χ4v) is 2.15. The molecule has 5 nitrogen and oxygen atoms in total. The van der Waals surface area contributed by atoms with Crippen LogP contribution in [0.5, 0.6) is 0 Å². The minimum absolute atomic E-state index is 0.419. The van der Waals surface area contributed by atoms with Gasteiger partial charge >= 0.3 is 0 Å². The van der Waals surface area contributed by atoms with Crippen molar-refractivity contribution in [3.63, 3.8) is 0 Å². The Hall–Kier alpha value is -1.91. The molecule has 2 rings (SSSR count). The molecule has 0 radical (unpaired) electrons. The predicted octanol–water partition coefficient (Wildman–Crippen LogP) is 1.75. The highest BCUT2D eigenvalue weighted by Gasteiger charge is 2.21. The zero-order valence-corrected chi connectivity index (χ0v) is 9.46. The highest BCUT2D eigenvalue weighted by Crippen LogP contribution is 2.24. The van der Waals surface area contributed by atoms with Crippen LogP contribution in [0.2, 0.25) is 0 Å². The van der Waals surface area contributed by atoms with Crippen molar-refractivity contribution in [2.75, 3.05) is 24.5 Å². The lowest BCUT2D eigenvalue weighted by Crippen LogP contribution is -2.22. The minimum atomic E-state index is -0.634. The summed E-state index contributed by atoms with van der Waals surface area (Å²) in [5.41, 5.74) is 1.29. The molecule has 0 spiro atoms. The van der Waals surface area contributed by atoms with Gasteiger partial charge in [0, 0.05) is 29.3 Å². The van der Waals surface area contributed by atoms with Crippen molar-refractivity contribution in [2.24, 2.45) is 0 Å². The Bertz CT molecular complexity index is 439. The van der Waals surface area contributed by atoms with Gasteiger partial charge in [0.05, 0.1) is 0 Å². The van der Waals surface area contributed by atoms with E-state index in [0.717, 1.165) is 31.6 Å². The van der Waals surface area contributed by atoms with Crippen molar-refractivity contribution in [3.05, 3.63) is 39.9 Å². The number of para-hydroxylation sites is 1. The van der Waals surface area contributed by atoms with E-state index in [1.54, 1.807) is 12.1 Å². The zero-order chi connectivity index (χ0) is 12.3. The summed E-state index contributed by atoms with van der Waals surface area (Å²) in [7, 11) is 0. The smallest absolute Gasteiger partial charge is 0.265 e. The van der Waals surface area contributed by atoms with Gasteiger partial charge in [0.1, 0.15) is 0 Å². The summed E-state index contributed by atoms with van der Waals surface area (Å²) < 4.78 is 0. The van der Waals surface area contributed by atoms with E-state index in [2.05, 4.69) is 4.90 Å². The van der Waals surface area contributed by atoms with Crippen LogP contribution in [-0.4, -0.2) is 30.3 Å². The van der Waals surface area contributed by atoms with Crippen molar-refractivity contribution >= 4 is 11.5 Å². The van der Waals surface area contributed by atoms with Gasteiger partial charge in [-0.3, -0.25) is 14.9 Å². The Morgan fingerprint density at radius 2 is 1.94 bits per heavy atom. The lowest BCUT2D eigenvalue weighted by molar-refractivity contribution is -0.465. The number of carbonyl (C=O) groups is 1. The van der Waals surface area contributed by atoms with Crippen molar-refractivity contribution in [1.29, 1.82) is 0 Å². The monoisotopic (exact) mass is 234 g/mol. The second-order valence-corrected chi connectivity index (χ2v) is 4.13. The van der Waals surface area contributed by atoms with Crippen LogP contribution in [0, 0.1) is 10.1 Å². The van der Waals surface area contributed by atoms with Gasteiger partial charge in [0.15, 0.2) is 0 Å². The predicted molar refractivity (Wildman–Crippen MR) is 64.1 cm³/mol. The van der Waals surface area contributed by atoms with Crippen LogP contribution in [0.1, 0.15) is 23.2 Å². The second kappa shape index (κ2) is 4.95. The van der Waals surface area contributed by atoms with E-state index >= 15 is 0 Å². The number of anilines is 1. The average molecular weight is 234 g/mol. The number of hydrogen-bond acceptors (Lipinski definition) is 4. The third-order valence-corrected chi connectivity index (χ3v) is 2.92. The molecule has 0 bridgehead atoms. The third kappa shape index (κ3) is 2.61. The first-order valence-electron chi connectivity index (χ1n) is 5.67.